The number of nitrogens with two attached hydrogens (primary N) is 6. The molecule has 2 saturated heterocycles. The average Bonchev–Trinajstić information content (AvgIpc) is 1.53. The van der Waals surface area contributed by atoms with E-state index in [0.29, 0.717) is 56.4 Å². The number of ether oxygens (including phenoxy) is 1. The van der Waals surface area contributed by atoms with E-state index >= 15 is 0 Å². The zero-order valence-corrected chi connectivity index (χ0v) is 54.1. The molecule has 6 aliphatic rings. The highest BCUT2D eigenvalue weighted by Crippen LogP contribution is 2.63. The Morgan fingerprint density at radius 2 is 1.40 bits per heavy atom. The monoisotopic (exact) mass is 1270 g/mol. The van der Waals surface area contributed by atoms with Gasteiger partial charge in [-0.3, -0.25) is 57.6 Å². The minimum atomic E-state index is -5.07. The normalized spacial score (nSPS) is 32.8. The molecule has 28 heteroatoms. The molecule has 0 aliphatic carbocycles. The smallest absolute Gasteiger partial charge is 0.394 e. The number of fused-ring (bicyclic) bond motifs is 7. The summed E-state index contributed by atoms with van der Waals surface area (Å²) < 4.78 is 32.3. The van der Waals surface area contributed by atoms with E-state index in [1.54, 1.807) is 4.57 Å². The second kappa shape index (κ2) is 25.6. The fourth-order valence-corrected chi connectivity index (χ4v) is 16.6. The number of amides is 7. The SMILES string of the molecule is CC1=C2N=C(C=C3N/C(=C(/C)C4=N[C@@](C)(C5N=C1[C@](C)(CCC(=O)NCC(C)OP(=O)(O)O[C@H]1[C@@H](O)[C@H](n6cnc7cc(C)c(C)cc76)O[C@@H]1CO)[C@H]5CC(N)=O)[C@@](C)(CC(N)=O)[C@@H]4CCC(N)=O)[C@@](C)(CC(N)=O)[C@@H]3CCC(N)=O)C(C)(C)[C@@H]2CCC(N)=O. The Bertz CT molecular complexity index is 3540. The van der Waals surface area contributed by atoms with Crippen molar-refractivity contribution in [2.45, 2.75) is 189 Å². The number of aliphatic hydroxyl groups excluding tert-OH is 2. The molecule has 15 atom stereocenters. The van der Waals surface area contributed by atoms with Gasteiger partial charge in [0.25, 0.3) is 0 Å². The number of benzene rings is 1. The molecule has 1 aromatic heterocycles. The maximum absolute atomic E-state index is 14.4. The summed E-state index contributed by atoms with van der Waals surface area (Å²) in [6.45, 7) is 19.3. The van der Waals surface area contributed by atoms with Crippen LogP contribution in [0, 0.1) is 59.2 Å². The van der Waals surface area contributed by atoms with Gasteiger partial charge in [0.2, 0.25) is 41.4 Å². The van der Waals surface area contributed by atoms with Crippen LogP contribution >= 0.6 is 7.82 Å². The molecule has 27 nitrogen and oxygen atoms in total. The molecule has 7 heterocycles. The number of hydrogen-bond acceptors (Lipinski definition) is 18. The quantitative estimate of drug-likeness (QED) is 0.0603. The van der Waals surface area contributed by atoms with E-state index in [2.05, 4.69) is 15.6 Å². The molecule has 90 heavy (non-hydrogen) atoms. The Labute approximate surface area is 523 Å². The Kier molecular flexibility index (Phi) is 19.6. The lowest BCUT2D eigenvalue weighted by atomic mass is 9.55. The van der Waals surface area contributed by atoms with Gasteiger partial charge in [0.15, 0.2) is 6.23 Å². The van der Waals surface area contributed by atoms with Gasteiger partial charge in [-0.25, -0.2) is 9.55 Å². The number of imidazole rings is 1. The first-order valence-electron chi connectivity index (χ1n) is 30.6. The number of aromatic nitrogens is 2. The minimum absolute atomic E-state index is 0.0114. The summed E-state index contributed by atoms with van der Waals surface area (Å²) in [7, 11) is -5.07. The third-order valence-electron chi connectivity index (χ3n) is 20.6. The van der Waals surface area contributed by atoms with Gasteiger partial charge < -0.3 is 69.4 Å². The number of aliphatic imine (C=N–C) groups is 3. The molecule has 0 radical (unpaired) electrons. The zero-order chi connectivity index (χ0) is 66.7. The van der Waals surface area contributed by atoms with Gasteiger partial charge in [-0.1, -0.05) is 34.6 Å². The van der Waals surface area contributed by atoms with Gasteiger partial charge in [0, 0.05) is 131 Å². The molecule has 3 unspecified atom stereocenters. The predicted molar refractivity (Wildman–Crippen MR) is 334 cm³/mol. The number of phosphoric acid groups is 1. The third-order valence-corrected chi connectivity index (χ3v) is 21.7. The molecule has 0 spiro atoms. The molecule has 7 amide bonds. The van der Waals surface area contributed by atoms with Crippen LogP contribution < -0.4 is 45.0 Å². The number of carbonyl (C=O) groups excluding carboxylic acids is 7. The number of primary amides is 6. The summed E-state index contributed by atoms with van der Waals surface area (Å²) in [5, 5.41) is 28.2. The number of aryl methyl sites for hydroxylation is 2. The van der Waals surface area contributed by atoms with Crippen molar-refractivity contribution < 1.29 is 67.0 Å². The summed E-state index contributed by atoms with van der Waals surface area (Å²) in [5.41, 5.74) is 37.4. The maximum Gasteiger partial charge on any atom is 0.472 e. The van der Waals surface area contributed by atoms with Crippen molar-refractivity contribution in [3.63, 3.8) is 0 Å². The standard InChI is InChI=1S/C62H90N13O14P/c1-29-20-39-40(21-30(29)2)75(28-70-39)57-52(84)53(41(27-76)87-57)89-90(85,86)88-31(3)26-69-49(83)18-19-59(8)37(22-46(66)80)56-62(11)61(10,25-48(68)82)36(14-17-45(65)79)51(74-62)33(5)55-60(9,24-47(67)81)34(12-15-43(63)77)38(71-55)23-42-58(6,7)35(13-16-44(64)78)50(72-42)32(4)54(59)73-56/h20-21,23,28,31,34-37,41,52-53,56-57,71,76,84H,12-19,22,24-27H2,1-11H3,(H2,63,77)(H2,64,78)(H2,65,79)(H2,66,80)(H2,67,81)(H2,68,82)(H,69,83)(H,85,86)/b38-23?,50-32?,55-33-/t31?,34-,35-,36-,37+,41-,52-,53-,56?,57-,59-,60+,61+,62+/m1/s1. The van der Waals surface area contributed by atoms with Crippen molar-refractivity contribution in [3.8, 4) is 0 Å². The predicted octanol–water partition coefficient (Wildman–Crippen LogP) is 3.16. The van der Waals surface area contributed by atoms with Crippen LogP contribution in [0.4, 0.5) is 0 Å². The van der Waals surface area contributed by atoms with Gasteiger partial charge in [-0.2, -0.15) is 0 Å². The Morgan fingerprint density at radius 1 is 0.800 bits per heavy atom. The van der Waals surface area contributed by atoms with E-state index in [1.165, 1.54) is 13.3 Å². The lowest BCUT2D eigenvalue weighted by Gasteiger charge is -2.48. The lowest BCUT2D eigenvalue weighted by molar-refractivity contribution is -0.124. The largest absolute Gasteiger partial charge is 0.472 e. The van der Waals surface area contributed by atoms with Crippen LogP contribution in [-0.2, 0) is 51.9 Å². The van der Waals surface area contributed by atoms with E-state index in [4.69, 9.17) is 63.2 Å². The Hall–Kier alpha value is -7.00. The fourth-order valence-electron chi connectivity index (χ4n) is 15.4. The molecular formula is C62H90N13O14P. The van der Waals surface area contributed by atoms with Gasteiger partial charge in [-0.05, 0) is 108 Å². The summed E-state index contributed by atoms with van der Waals surface area (Å²) in [4.78, 5) is 126. The highest BCUT2D eigenvalue weighted by atomic mass is 31.2. The first-order chi connectivity index (χ1) is 41.8. The van der Waals surface area contributed by atoms with Crippen molar-refractivity contribution in [2.75, 3.05) is 13.2 Å². The molecule has 0 saturated carbocycles. The number of rotatable bonds is 26. The van der Waals surface area contributed by atoms with E-state index in [0.717, 1.165) is 11.1 Å². The second-order valence-electron chi connectivity index (χ2n) is 27.1. The minimum Gasteiger partial charge on any atom is -0.394 e. The molecule has 2 fully saturated rings. The van der Waals surface area contributed by atoms with Crippen molar-refractivity contribution >= 4 is 77.3 Å². The maximum atomic E-state index is 14.4. The van der Waals surface area contributed by atoms with Crippen LogP contribution in [0.5, 0.6) is 0 Å². The van der Waals surface area contributed by atoms with E-state index in [9.17, 15) is 53.2 Å². The summed E-state index contributed by atoms with van der Waals surface area (Å²) in [6.07, 6.45) is -4.26. The number of allylic oxidation sites excluding steroid dienone is 6. The van der Waals surface area contributed by atoms with Crippen LogP contribution in [0.2, 0.25) is 0 Å². The number of hydrogen-bond donors (Lipinski definition) is 11. The van der Waals surface area contributed by atoms with Crippen molar-refractivity contribution in [2.24, 2.45) is 94.7 Å². The highest BCUT2D eigenvalue weighted by Gasteiger charge is 2.66. The molecular weight excluding hydrogens is 1180 g/mol. The molecule has 6 aliphatic heterocycles. The highest BCUT2D eigenvalue weighted by molar-refractivity contribution is 7.47. The van der Waals surface area contributed by atoms with E-state index in [1.807, 2.05) is 87.4 Å². The van der Waals surface area contributed by atoms with Crippen LogP contribution in [0.1, 0.15) is 150 Å². The molecule has 492 valence electrons. The zero-order valence-electron chi connectivity index (χ0n) is 53.3. The van der Waals surface area contributed by atoms with Gasteiger partial charge in [0.05, 0.1) is 41.7 Å². The number of carbonyl (C=O) groups is 7. The van der Waals surface area contributed by atoms with Gasteiger partial charge in [0.1, 0.15) is 18.3 Å². The first-order valence-corrected chi connectivity index (χ1v) is 32.1. The summed E-state index contributed by atoms with van der Waals surface area (Å²) >= 11 is 0. The van der Waals surface area contributed by atoms with Crippen molar-refractivity contribution in [1.82, 2.24) is 20.2 Å². The fraction of sp³-hybridized carbons (Fsp3) is 0.629. The van der Waals surface area contributed by atoms with Crippen LogP contribution in [0.3, 0.4) is 0 Å². The van der Waals surface area contributed by atoms with Crippen LogP contribution in [0.25, 0.3) is 11.0 Å². The molecule has 2 aromatic rings. The van der Waals surface area contributed by atoms with Crippen LogP contribution in [-0.4, -0.2) is 132 Å². The van der Waals surface area contributed by atoms with Crippen molar-refractivity contribution in [1.29, 1.82) is 0 Å². The second-order valence-corrected chi connectivity index (χ2v) is 28.4. The number of nitrogens with zero attached hydrogens (tertiary/aromatic N) is 5. The van der Waals surface area contributed by atoms with Gasteiger partial charge in [-0.15, -0.1) is 0 Å². The lowest BCUT2D eigenvalue weighted by Crippen LogP contribution is -2.56. The molecule has 1 aromatic carbocycles. The number of aliphatic hydroxyl groups is 2. The Morgan fingerprint density at radius 3 is 1.99 bits per heavy atom. The number of phosphoric ester groups is 1. The van der Waals surface area contributed by atoms with Gasteiger partial charge >= 0.3 is 7.82 Å². The topological polar surface area (TPSA) is 460 Å². The summed E-state index contributed by atoms with van der Waals surface area (Å²) in [6, 6.07) is 2.70. The Balaban J connectivity index is 1.19. The first kappa shape index (κ1) is 68.9. The molecule has 8 bridgehead atoms. The third kappa shape index (κ3) is 13.0. The molecule has 17 N–H and O–H groups in total. The molecule has 8 rings (SSSR count). The van der Waals surface area contributed by atoms with Crippen LogP contribution in [0.15, 0.2) is 67.8 Å². The van der Waals surface area contributed by atoms with E-state index in [-0.39, 0.29) is 77.2 Å². The summed E-state index contributed by atoms with van der Waals surface area (Å²) in [5.74, 6) is -7.18. The van der Waals surface area contributed by atoms with E-state index < -0.39 is 143 Å². The number of nitrogens with one attached hydrogen (secondary N) is 2. The average molecular weight is 1270 g/mol. The van der Waals surface area contributed by atoms with Crippen molar-refractivity contribution in [3.05, 3.63) is 63.9 Å².